The quantitative estimate of drug-likeness (QED) is 0.796. The maximum Gasteiger partial charge on any atom is 0.239 e. The standard InChI is InChI=1S/C14H22N2O2/c1-4-16(3)14(18)11(2)15-9-12-5-7-13(10-17)8-6-12/h5-8,11,15,17H,4,9-10H2,1-3H3. The second kappa shape index (κ2) is 7.13. The molecule has 2 N–H and O–H groups in total. The summed E-state index contributed by atoms with van der Waals surface area (Å²) in [5, 5.41) is 12.1. The maximum absolute atomic E-state index is 11.8. The van der Waals surface area contributed by atoms with Crippen molar-refractivity contribution < 1.29 is 9.90 Å². The Kier molecular flexibility index (Phi) is 5.82. The number of nitrogens with one attached hydrogen (secondary N) is 1. The molecule has 1 unspecified atom stereocenters. The third kappa shape index (κ3) is 4.13. The number of nitrogens with zero attached hydrogens (tertiary/aromatic N) is 1. The number of rotatable bonds is 6. The fourth-order valence-electron chi connectivity index (χ4n) is 1.61. The van der Waals surface area contributed by atoms with Gasteiger partial charge in [0.05, 0.1) is 12.6 Å². The highest BCUT2D eigenvalue weighted by Crippen LogP contribution is 2.04. The summed E-state index contributed by atoms with van der Waals surface area (Å²) in [6, 6.07) is 7.51. The summed E-state index contributed by atoms with van der Waals surface area (Å²) in [7, 11) is 1.80. The van der Waals surface area contributed by atoms with E-state index in [-0.39, 0.29) is 18.6 Å². The van der Waals surface area contributed by atoms with Gasteiger partial charge in [0.25, 0.3) is 0 Å². The number of carbonyl (C=O) groups is 1. The fraction of sp³-hybridized carbons (Fsp3) is 0.500. The molecule has 4 heteroatoms. The topological polar surface area (TPSA) is 52.6 Å². The first-order valence-electron chi connectivity index (χ1n) is 6.25. The SMILES string of the molecule is CCN(C)C(=O)C(C)NCc1ccc(CO)cc1. The van der Waals surface area contributed by atoms with Gasteiger partial charge in [-0.05, 0) is 25.0 Å². The van der Waals surface area contributed by atoms with Gasteiger partial charge in [-0.2, -0.15) is 0 Å². The van der Waals surface area contributed by atoms with Crippen LogP contribution in [0.3, 0.4) is 0 Å². The Morgan fingerprint density at radius 2 is 1.89 bits per heavy atom. The molecule has 0 aromatic heterocycles. The molecule has 1 aromatic rings. The van der Waals surface area contributed by atoms with Crippen LogP contribution in [0.4, 0.5) is 0 Å². The predicted molar refractivity (Wildman–Crippen MR) is 72.0 cm³/mol. The van der Waals surface area contributed by atoms with E-state index in [0.717, 1.165) is 17.7 Å². The smallest absolute Gasteiger partial charge is 0.239 e. The number of likely N-dealkylation sites (N-methyl/N-ethyl adjacent to an activating group) is 1. The van der Waals surface area contributed by atoms with Crippen molar-refractivity contribution in [1.29, 1.82) is 0 Å². The number of aliphatic hydroxyl groups excluding tert-OH is 1. The summed E-state index contributed by atoms with van der Waals surface area (Å²) in [5.41, 5.74) is 2.00. The highest BCUT2D eigenvalue weighted by molar-refractivity contribution is 5.81. The average molecular weight is 250 g/mol. The van der Waals surface area contributed by atoms with E-state index in [4.69, 9.17) is 5.11 Å². The monoisotopic (exact) mass is 250 g/mol. The van der Waals surface area contributed by atoms with Crippen LogP contribution < -0.4 is 5.32 Å². The molecule has 18 heavy (non-hydrogen) atoms. The van der Waals surface area contributed by atoms with Crippen LogP contribution in [0.1, 0.15) is 25.0 Å². The average Bonchev–Trinajstić information content (AvgIpc) is 2.43. The van der Waals surface area contributed by atoms with Crippen molar-refractivity contribution in [3.8, 4) is 0 Å². The molecule has 0 saturated carbocycles. The Labute approximate surface area is 109 Å². The summed E-state index contributed by atoms with van der Waals surface area (Å²) in [6.07, 6.45) is 0. The molecule has 1 atom stereocenters. The van der Waals surface area contributed by atoms with Crippen LogP contribution in [-0.4, -0.2) is 35.5 Å². The van der Waals surface area contributed by atoms with Crippen LogP contribution >= 0.6 is 0 Å². The fourth-order valence-corrected chi connectivity index (χ4v) is 1.61. The van der Waals surface area contributed by atoms with E-state index in [2.05, 4.69) is 5.32 Å². The first-order valence-corrected chi connectivity index (χ1v) is 6.25. The number of hydrogen-bond acceptors (Lipinski definition) is 3. The summed E-state index contributed by atoms with van der Waals surface area (Å²) in [5.74, 6) is 0.101. The zero-order valence-corrected chi connectivity index (χ0v) is 11.3. The number of carbonyl (C=O) groups excluding carboxylic acids is 1. The first-order chi connectivity index (χ1) is 8.58. The van der Waals surface area contributed by atoms with Gasteiger partial charge in [-0.25, -0.2) is 0 Å². The molecule has 100 valence electrons. The molecule has 1 aromatic carbocycles. The van der Waals surface area contributed by atoms with Crippen molar-refractivity contribution in [1.82, 2.24) is 10.2 Å². The summed E-state index contributed by atoms with van der Waals surface area (Å²) >= 11 is 0. The van der Waals surface area contributed by atoms with Crippen LogP contribution in [0.5, 0.6) is 0 Å². The van der Waals surface area contributed by atoms with E-state index < -0.39 is 0 Å². The Morgan fingerprint density at radius 3 is 2.39 bits per heavy atom. The molecule has 0 aliphatic heterocycles. The second-order valence-electron chi connectivity index (χ2n) is 4.43. The van der Waals surface area contributed by atoms with Gasteiger partial charge in [0.2, 0.25) is 5.91 Å². The van der Waals surface area contributed by atoms with Gasteiger partial charge in [-0.1, -0.05) is 24.3 Å². The minimum atomic E-state index is -0.188. The largest absolute Gasteiger partial charge is 0.392 e. The highest BCUT2D eigenvalue weighted by Gasteiger charge is 2.15. The minimum Gasteiger partial charge on any atom is -0.392 e. The van der Waals surface area contributed by atoms with Crippen molar-refractivity contribution >= 4 is 5.91 Å². The van der Waals surface area contributed by atoms with Crippen LogP contribution in [0, 0.1) is 0 Å². The Morgan fingerprint density at radius 1 is 1.33 bits per heavy atom. The molecule has 4 nitrogen and oxygen atoms in total. The lowest BCUT2D eigenvalue weighted by atomic mass is 10.1. The van der Waals surface area contributed by atoms with Crippen molar-refractivity contribution in [2.75, 3.05) is 13.6 Å². The lowest BCUT2D eigenvalue weighted by Gasteiger charge is -2.20. The zero-order valence-electron chi connectivity index (χ0n) is 11.3. The van der Waals surface area contributed by atoms with E-state index in [1.807, 2.05) is 38.1 Å². The number of hydrogen-bond donors (Lipinski definition) is 2. The van der Waals surface area contributed by atoms with Crippen molar-refractivity contribution in [3.63, 3.8) is 0 Å². The highest BCUT2D eigenvalue weighted by atomic mass is 16.3. The van der Waals surface area contributed by atoms with Gasteiger partial charge in [0.15, 0.2) is 0 Å². The summed E-state index contributed by atoms with van der Waals surface area (Å²) in [6.45, 7) is 5.25. The summed E-state index contributed by atoms with van der Waals surface area (Å²) < 4.78 is 0. The minimum absolute atomic E-state index is 0.0594. The maximum atomic E-state index is 11.8. The van der Waals surface area contributed by atoms with E-state index in [1.54, 1.807) is 11.9 Å². The molecule has 0 spiro atoms. The van der Waals surface area contributed by atoms with E-state index >= 15 is 0 Å². The molecule has 0 bridgehead atoms. The second-order valence-corrected chi connectivity index (χ2v) is 4.43. The molecule has 0 heterocycles. The van der Waals surface area contributed by atoms with Gasteiger partial charge in [-0.3, -0.25) is 4.79 Å². The van der Waals surface area contributed by atoms with Crippen molar-refractivity contribution in [2.45, 2.75) is 33.0 Å². The van der Waals surface area contributed by atoms with Crippen LogP contribution in [-0.2, 0) is 17.9 Å². The lowest BCUT2D eigenvalue weighted by Crippen LogP contribution is -2.42. The molecule has 1 rings (SSSR count). The van der Waals surface area contributed by atoms with Crippen molar-refractivity contribution in [2.24, 2.45) is 0 Å². The number of benzene rings is 1. The molecule has 1 amide bonds. The molecule has 0 fully saturated rings. The number of amides is 1. The lowest BCUT2D eigenvalue weighted by molar-refractivity contribution is -0.131. The molecule has 0 aliphatic carbocycles. The van der Waals surface area contributed by atoms with Gasteiger partial charge < -0.3 is 15.3 Å². The van der Waals surface area contributed by atoms with Crippen LogP contribution in [0.15, 0.2) is 24.3 Å². The predicted octanol–water partition coefficient (Wildman–Crippen LogP) is 1.14. The Balaban J connectivity index is 2.46. The Hall–Kier alpha value is -1.39. The van der Waals surface area contributed by atoms with Gasteiger partial charge in [-0.15, -0.1) is 0 Å². The van der Waals surface area contributed by atoms with E-state index in [0.29, 0.717) is 6.54 Å². The van der Waals surface area contributed by atoms with Crippen LogP contribution in [0.2, 0.25) is 0 Å². The van der Waals surface area contributed by atoms with Crippen molar-refractivity contribution in [3.05, 3.63) is 35.4 Å². The van der Waals surface area contributed by atoms with Gasteiger partial charge in [0, 0.05) is 20.1 Å². The third-order valence-corrected chi connectivity index (χ3v) is 3.04. The van der Waals surface area contributed by atoms with Gasteiger partial charge >= 0.3 is 0 Å². The normalized spacial score (nSPS) is 12.2. The molecular weight excluding hydrogens is 228 g/mol. The number of aliphatic hydroxyl groups is 1. The molecule has 0 radical (unpaired) electrons. The third-order valence-electron chi connectivity index (χ3n) is 3.04. The Bertz CT molecular complexity index is 376. The van der Waals surface area contributed by atoms with E-state index in [9.17, 15) is 4.79 Å². The van der Waals surface area contributed by atoms with Gasteiger partial charge in [0.1, 0.15) is 0 Å². The van der Waals surface area contributed by atoms with E-state index in [1.165, 1.54) is 0 Å². The summed E-state index contributed by atoms with van der Waals surface area (Å²) in [4.78, 5) is 13.5. The zero-order chi connectivity index (χ0) is 13.5. The molecule has 0 aliphatic rings. The molecular formula is C14H22N2O2. The molecule has 0 saturated heterocycles. The first kappa shape index (κ1) is 14.7. The van der Waals surface area contributed by atoms with Crippen LogP contribution in [0.25, 0.3) is 0 Å².